The Morgan fingerprint density at radius 1 is 1.14 bits per heavy atom. The molecule has 0 radical (unpaired) electrons. The smallest absolute Gasteiger partial charge is 0.311 e. The lowest BCUT2D eigenvalue weighted by molar-refractivity contribution is -0.149. The van der Waals surface area contributed by atoms with Crippen molar-refractivity contribution in [3.63, 3.8) is 0 Å². The molecule has 21 heavy (non-hydrogen) atoms. The van der Waals surface area contributed by atoms with Gasteiger partial charge in [0.1, 0.15) is 0 Å². The Balaban J connectivity index is 2.24. The Kier molecular flexibility index (Phi) is 5.12. The fourth-order valence-corrected chi connectivity index (χ4v) is 2.45. The molecule has 0 heterocycles. The quantitative estimate of drug-likeness (QED) is 0.858. The number of rotatable bonds is 5. The van der Waals surface area contributed by atoms with Gasteiger partial charge in [-0.25, -0.2) is 0 Å². The van der Waals surface area contributed by atoms with Crippen LogP contribution in [0.4, 0.5) is 0 Å². The van der Waals surface area contributed by atoms with Gasteiger partial charge in [0.15, 0.2) is 0 Å². The first-order valence-electron chi connectivity index (χ1n) is 6.98. The largest absolute Gasteiger partial charge is 0.469 e. The average molecular weight is 284 g/mol. The van der Waals surface area contributed by atoms with Crippen LogP contribution in [0.25, 0.3) is 0 Å². The van der Waals surface area contributed by atoms with Gasteiger partial charge in [-0.15, -0.1) is 0 Å². The molecule has 0 spiro atoms. The van der Waals surface area contributed by atoms with E-state index in [4.69, 9.17) is 4.74 Å². The monoisotopic (exact) mass is 284 g/mol. The molecule has 1 N–H and O–H groups in total. The lowest BCUT2D eigenvalue weighted by Gasteiger charge is -2.21. The second kappa shape index (κ2) is 7.04. The van der Waals surface area contributed by atoms with Crippen LogP contribution >= 0.6 is 0 Å². The molecule has 3 nitrogen and oxygen atoms in total. The minimum atomic E-state index is -0.876. The molecule has 2 atom stereocenters. The lowest BCUT2D eigenvalue weighted by atomic mass is 9.89. The number of esters is 1. The number of carbonyl (C=O) groups excluding carboxylic acids is 1. The fraction of sp³-hybridized carbons (Fsp3) is 0.278. The van der Waals surface area contributed by atoms with Crippen LogP contribution in [-0.2, 0) is 16.0 Å². The second-order valence-electron chi connectivity index (χ2n) is 5.18. The van der Waals surface area contributed by atoms with Crippen LogP contribution in [0.3, 0.4) is 0 Å². The van der Waals surface area contributed by atoms with Crippen LogP contribution in [-0.4, -0.2) is 18.2 Å². The van der Waals surface area contributed by atoms with E-state index in [0.717, 1.165) is 16.7 Å². The Morgan fingerprint density at radius 2 is 1.86 bits per heavy atom. The maximum Gasteiger partial charge on any atom is 0.311 e. The minimum Gasteiger partial charge on any atom is -0.469 e. The Labute approximate surface area is 125 Å². The molecule has 0 fully saturated rings. The summed E-state index contributed by atoms with van der Waals surface area (Å²) in [5.74, 6) is -1.01. The third-order valence-corrected chi connectivity index (χ3v) is 3.56. The minimum absolute atomic E-state index is 0.396. The molecule has 0 amide bonds. The molecule has 0 saturated heterocycles. The molecule has 2 aromatic rings. The fourth-order valence-electron chi connectivity index (χ4n) is 2.45. The van der Waals surface area contributed by atoms with Gasteiger partial charge < -0.3 is 9.84 Å². The maximum atomic E-state index is 12.0. The zero-order valence-corrected chi connectivity index (χ0v) is 12.3. The van der Waals surface area contributed by atoms with Crippen LogP contribution < -0.4 is 0 Å². The lowest BCUT2D eigenvalue weighted by Crippen LogP contribution is -2.25. The third kappa shape index (κ3) is 3.92. The second-order valence-corrected chi connectivity index (χ2v) is 5.18. The summed E-state index contributed by atoms with van der Waals surface area (Å²) in [4.78, 5) is 12.0. The summed E-state index contributed by atoms with van der Waals surface area (Å²) in [7, 11) is 1.35. The van der Waals surface area contributed by atoms with Crippen molar-refractivity contribution in [2.24, 2.45) is 5.92 Å². The number of methoxy groups -OCH3 is 1. The zero-order chi connectivity index (χ0) is 15.2. The predicted molar refractivity (Wildman–Crippen MR) is 81.8 cm³/mol. The standard InChI is InChI=1S/C18H20O3/c1-13-7-6-8-14(11-13)12-16(18(20)21-2)17(19)15-9-4-3-5-10-15/h3-11,16-17,19H,12H2,1-2H3. The van der Waals surface area contributed by atoms with E-state index in [-0.39, 0.29) is 0 Å². The van der Waals surface area contributed by atoms with E-state index in [1.165, 1.54) is 7.11 Å². The highest BCUT2D eigenvalue weighted by Gasteiger charge is 2.29. The van der Waals surface area contributed by atoms with E-state index in [2.05, 4.69) is 0 Å². The number of carbonyl (C=O) groups is 1. The highest BCUT2D eigenvalue weighted by atomic mass is 16.5. The van der Waals surface area contributed by atoms with Crippen molar-refractivity contribution in [2.45, 2.75) is 19.4 Å². The number of aryl methyl sites for hydroxylation is 1. The molecule has 0 bridgehead atoms. The summed E-state index contributed by atoms with van der Waals surface area (Å²) in [5, 5.41) is 10.5. The first kappa shape index (κ1) is 15.3. The van der Waals surface area contributed by atoms with E-state index >= 15 is 0 Å². The topological polar surface area (TPSA) is 46.5 Å². The number of hydrogen-bond donors (Lipinski definition) is 1. The van der Waals surface area contributed by atoms with Crippen molar-refractivity contribution in [1.29, 1.82) is 0 Å². The molecule has 2 unspecified atom stereocenters. The van der Waals surface area contributed by atoms with Crippen LogP contribution in [0, 0.1) is 12.8 Å². The normalized spacial score (nSPS) is 13.5. The zero-order valence-electron chi connectivity index (χ0n) is 12.3. The predicted octanol–water partition coefficient (Wildman–Crippen LogP) is 3.06. The van der Waals surface area contributed by atoms with Crippen molar-refractivity contribution in [2.75, 3.05) is 7.11 Å². The van der Waals surface area contributed by atoms with Gasteiger partial charge in [0.25, 0.3) is 0 Å². The number of hydrogen-bond acceptors (Lipinski definition) is 3. The van der Waals surface area contributed by atoms with Gasteiger partial charge in [-0.3, -0.25) is 4.79 Å². The van der Waals surface area contributed by atoms with Crippen molar-refractivity contribution >= 4 is 5.97 Å². The molecule has 0 aliphatic heterocycles. The first-order chi connectivity index (χ1) is 10.1. The van der Waals surface area contributed by atoms with Gasteiger partial charge in [0, 0.05) is 0 Å². The highest BCUT2D eigenvalue weighted by Crippen LogP contribution is 2.26. The number of aliphatic hydroxyl groups excluding tert-OH is 1. The molecule has 0 aliphatic carbocycles. The molecular formula is C18H20O3. The Hall–Kier alpha value is -2.13. The molecule has 2 aromatic carbocycles. The Morgan fingerprint density at radius 3 is 2.48 bits per heavy atom. The summed E-state index contributed by atoms with van der Waals surface area (Å²) >= 11 is 0. The number of aliphatic hydroxyl groups is 1. The highest BCUT2D eigenvalue weighted by molar-refractivity contribution is 5.73. The van der Waals surface area contributed by atoms with E-state index in [1.807, 2.05) is 61.5 Å². The number of ether oxygens (including phenoxy) is 1. The third-order valence-electron chi connectivity index (χ3n) is 3.56. The van der Waals surface area contributed by atoms with Crippen LogP contribution in [0.2, 0.25) is 0 Å². The first-order valence-corrected chi connectivity index (χ1v) is 6.98. The molecular weight excluding hydrogens is 264 g/mol. The average Bonchev–Trinajstić information content (AvgIpc) is 2.52. The van der Waals surface area contributed by atoms with Crippen LogP contribution in [0.15, 0.2) is 54.6 Å². The maximum absolute atomic E-state index is 12.0. The van der Waals surface area contributed by atoms with Gasteiger partial charge >= 0.3 is 5.97 Å². The van der Waals surface area contributed by atoms with E-state index < -0.39 is 18.0 Å². The van der Waals surface area contributed by atoms with E-state index in [0.29, 0.717) is 6.42 Å². The van der Waals surface area contributed by atoms with E-state index in [9.17, 15) is 9.90 Å². The van der Waals surface area contributed by atoms with Gasteiger partial charge in [0.05, 0.1) is 19.1 Å². The summed E-state index contributed by atoms with van der Waals surface area (Å²) in [6.45, 7) is 2.00. The SMILES string of the molecule is COC(=O)C(Cc1cccc(C)c1)C(O)c1ccccc1. The van der Waals surface area contributed by atoms with Crippen molar-refractivity contribution < 1.29 is 14.6 Å². The molecule has 2 rings (SSSR count). The van der Waals surface area contributed by atoms with Crippen LogP contribution in [0.1, 0.15) is 22.8 Å². The summed E-state index contributed by atoms with van der Waals surface area (Å²) in [6, 6.07) is 17.1. The van der Waals surface area contributed by atoms with E-state index in [1.54, 1.807) is 0 Å². The molecule has 0 aliphatic rings. The van der Waals surface area contributed by atoms with Crippen molar-refractivity contribution in [3.8, 4) is 0 Å². The molecule has 0 aromatic heterocycles. The molecule has 0 saturated carbocycles. The summed E-state index contributed by atoms with van der Waals surface area (Å²) in [5.41, 5.74) is 2.87. The molecule has 110 valence electrons. The number of benzene rings is 2. The van der Waals surface area contributed by atoms with Crippen molar-refractivity contribution in [3.05, 3.63) is 71.3 Å². The van der Waals surface area contributed by atoms with Gasteiger partial charge in [-0.2, -0.15) is 0 Å². The summed E-state index contributed by atoms with van der Waals surface area (Å²) < 4.78 is 4.86. The molecule has 3 heteroatoms. The van der Waals surface area contributed by atoms with Crippen molar-refractivity contribution in [1.82, 2.24) is 0 Å². The Bertz CT molecular complexity index is 592. The summed E-state index contributed by atoms with van der Waals surface area (Å²) in [6.07, 6.45) is -0.427. The van der Waals surface area contributed by atoms with Crippen LogP contribution in [0.5, 0.6) is 0 Å². The van der Waals surface area contributed by atoms with Gasteiger partial charge in [0.2, 0.25) is 0 Å². The van der Waals surface area contributed by atoms with Gasteiger partial charge in [-0.1, -0.05) is 60.2 Å². The van der Waals surface area contributed by atoms with Gasteiger partial charge in [-0.05, 0) is 24.5 Å².